The van der Waals surface area contributed by atoms with Gasteiger partial charge in [-0.2, -0.15) is 5.10 Å². The van der Waals surface area contributed by atoms with Gasteiger partial charge in [-0.05, 0) is 55.3 Å². The smallest absolute Gasteiger partial charge is 0.192 e. The number of guanidine groups is 1. The summed E-state index contributed by atoms with van der Waals surface area (Å²) in [5, 5.41) is 20.9. The van der Waals surface area contributed by atoms with Crippen LogP contribution < -0.4 is 15.4 Å². The third-order valence-corrected chi connectivity index (χ3v) is 4.50. The molecule has 7 nitrogen and oxygen atoms in total. The number of nitrogens with one attached hydrogen (secondary N) is 2. The first-order chi connectivity index (χ1) is 14.1. The summed E-state index contributed by atoms with van der Waals surface area (Å²) in [5.41, 5.74) is 3.04. The predicted octanol–water partition coefficient (Wildman–Crippen LogP) is 3.40. The highest BCUT2D eigenvalue weighted by molar-refractivity contribution is 5.80. The molecule has 0 fully saturated rings. The summed E-state index contributed by atoms with van der Waals surface area (Å²) in [4.78, 5) is 4.64. The van der Waals surface area contributed by atoms with E-state index in [0.717, 1.165) is 23.4 Å². The van der Waals surface area contributed by atoms with Crippen molar-refractivity contribution in [3.63, 3.8) is 0 Å². The molecule has 0 spiro atoms. The second-order valence-corrected chi connectivity index (χ2v) is 6.61. The fourth-order valence-corrected chi connectivity index (χ4v) is 2.97. The number of benzene rings is 2. The van der Waals surface area contributed by atoms with Crippen LogP contribution in [0.3, 0.4) is 0 Å². The number of hydrogen-bond acceptors (Lipinski definition) is 4. The second-order valence-electron chi connectivity index (χ2n) is 6.61. The molecule has 7 heteroatoms. The topological polar surface area (TPSA) is 83.7 Å². The average molecular weight is 393 g/mol. The number of ether oxygens (including phenoxy) is 1. The predicted molar refractivity (Wildman–Crippen MR) is 115 cm³/mol. The van der Waals surface area contributed by atoms with Crippen molar-refractivity contribution in [1.29, 1.82) is 0 Å². The maximum atomic E-state index is 9.95. The SMILES string of the molecule is CCNC(=NCc1ccc(OC)c(O)c1)NC(C)c1cccc(-n2cccn2)c1. The molecule has 0 saturated carbocycles. The summed E-state index contributed by atoms with van der Waals surface area (Å²) >= 11 is 0. The van der Waals surface area contributed by atoms with E-state index in [-0.39, 0.29) is 11.8 Å². The van der Waals surface area contributed by atoms with E-state index in [4.69, 9.17) is 4.74 Å². The molecule has 0 amide bonds. The van der Waals surface area contributed by atoms with Gasteiger partial charge in [-0.25, -0.2) is 9.67 Å². The minimum absolute atomic E-state index is 0.0487. The first kappa shape index (κ1) is 20.3. The number of methoxy groups -OCH3 is 1. The Kier molecular flexibility index (Phi) is 6.73. The van der Waals surface area contributed by atoms with E-state index in [1.54, 1.807) is 18.3 Å². The first-order valence-corrected chi connectivity index (χ1v) is 9.61. The lowest BCUT2D eigenvalue weighted by Crippen LogP contribution is -2.38. The van der Waals surface area contributed by atoms with Gasteiger partial charge in [-0.15, -0.1) is 0 Å². The highest BCUT2D eigenvalue weighted by Crippen LogP contribution is 2.26. The van der Waals surface area contributed by atoms with Crippen LogP contribution in [0.4, 0.5) is 0 Å². The molecule has 0 saturated heterocycles. The van der Waals surface area contributed by atoms with E-state index in [1.165, 1.54) is 7.11 Å². The summed E-state index contributed by atoms with van der Waals surface area (Å²) in [7, 11) is 1.53. The molecule has 152 valence electrons. The molecule has 0 aliphatic rings. The molecule has 3 aromatic rings. The molecule has 0 aliphatic heterocycles. The molecule has 0 aliphatic carbocycles. The molecule has 1 aromatic heterocycles. The Morgan fingerprint density at radius 3 is 2.79 bits per heavy atom. The van der Waals surface area contributed by atoms with Gasteiger partial charge in [0.15, 0.2) is 17.5 Å². The molecule has 29 heavy (non-hydrogen) atoms. The molecular formula is C22H27N5O2. The van der Waals surface area contributed by atoms with Gasteiger partial charge in [0.05, 0.1) is 25.4 Å². The lowest BCUT2D eigenvalue weighted by molar-refractivity contribution is 0.373. The largest absolute Gasteiger partial charge is 0.504 e. The lowest BCUT2D eigenvalue weighted by atomic mass is 10.1. The van der Waals surface area contributed by atoms with Crippen LogP contribution >= 0.6 is 0 Å². The highest BCUT2D eigenvalue weighted by Gasteiger charge is 2.10. The molecule has 3 rings (SSSR count). The average Bonchev–Trinajstić information content (AvgIpc) is 3.27. The molecule has 1 atom stereocenters. The first-order valence-electron chi connectivity index (χ1n) is 9.61. The van der Waals surface area contributed by atoms with Crippen LogP contribution in [-0.4, -0.2) is 34.5 Å². The maximum Gasteiger partial charge on any atom is 0.192 e. The third-order valence-electron chi connectivity index (χ3n) is 4.50. The maximum absolute atomic E-state index is 9.95. The number of rotatable bonds is 7. The zero-order valence-electron chi connectivity index (χ0n) is 17.0. The Morgan fingerprint density at radius 2 is 2.10 bits per heavy atom. The van der Waals surface area contributed by atoms with Crippen LogP contribution in [0.15, 0.2) is 65.9 Å². The zero-order valence-corrected chi connectivity index (χ0v) is 17.0. The van der Waals surface area contributed by atoms with E-state index in [9.17, 15) is 5.11 Å². The number of phenols is 1. The van der Waals surface area contributed by atoms with Crippen molar-refractivity contribution in [1.82, 2.24) is 20.4 Å². The summed E-state index contributed by atoms with van der Waals surface area (Å²) in [5.74, 6) is 1.27. The van der Waals surface area contributed by atoms with Crippen LogP contribution in [0.25, 0.3) is 5.69 Å². The van der Waals surface area contributed by atoms with Crippen molar-refractivity contribution in [2.45, 2.75) is 26.4 Å². The minimum atomic E-state index is 0.0487. The quantitative estimate of drug-likeness (QED) is 0.423. The lowest BCUT2D eigenvalue weighted by Gasteiger charge is -2.19. The normalized spacial score (nSPS) is 12.4. The van der Waals surface area contributed by atoms with E-state index >= 15 is 0 Å². The Balaban J connectivity index is 1.72. The highest BCUT2D eigenvalue weighted by atomic mass is 16.5. The van der Waals surface area contributed by atoms with E-state index < -0.39 is 0 Å². The summed E-state index contributed by atoms with van der Waals surface area (Å²) in [6.45, 7) is 5.31. The Hall–Kier alpha value is -3.48. The standard InChI is InChI=1S/C22H27N5O2/c1-4-23-22(24-15-17-9-10-21(29-3)20(28)13-17)26-16(2)18-7-5-8-19(14-18)27-12-6-11-25-27/h5-14,16,28H,4,15H2,1-3H3,(H2,23,24,26). The zero-order chi connectivity index (χ0) is 20.6. The summed E-state index contributed by atoms with van der Waals surface area (Å²) in [6, 6.07) is 15.5. The number of aromatic hydroxyl groups is 1. The fourth-order valence-electron chi connectivity index (χ4n) is 2.97. The molecule has 0 radical (unpaired) electrons. The Labute approximate surface area is 171 Å². The Morgan fingerprint density at radius 1 is 1.24 bits per heavy atom. The van der Waals surface area contributed by atoms with Gasteiger partial charge >= 0.3 is 0 Å². The van der Waals surface area contributed by atoms with Crippen molar-refractivity contribution in [2.24, 2.45) is 4.99 Å². The molecular weight excluding hydrogens is 366 g/mol. The van der Waals surface area contributed by atoms with Gasteiger partial charge in [0.2, 0.25) is 0 Å². The molecule has 1 heterocycles. The molecule has 1 unspecified atom stereocenters. The van der Waals surface area contributed by atoms with Crippen molar-refractivity contribution in [3.05, 3.63) is 72.1 Å². The van der Waals surface area contributed by atoms with Crippen molar-refractivity contribution in [2.75, 3.05) is 13.7 Å². The van der Waals surface area contributed by atoms with Crippen LogP contribution in [0.2, 0.25) is 0 Å². The van der Waals surface area contributed by atoms with Gasteiger partial charge in [0, 0.05) is 18.9 Å². The van der Waals surface area contributed by atoms with Gasteiger partial charge in [-0.3, -0.25) is 0 Å². The number of phenolic OH excluding ortho intramolecular Hbond substituents is 1. The second kappa shape index (κ2) is 9.64. The summed E-state index contributed by atoms with van der Waals surface area (Å²) < 4.78 is 6.92. The molecule has 0 bridgehead atoms. The van der Waals surface area contributed by atoms with Crippen LogP contribution in [-0.2, 0) is 6.54 Å². The minimum Gasteiger partial charge on any atom is -0.504 e. The number of aliphatic imine (C=N–C) groups is 1. The van der Waals surface area contributed by atoms with Crippen LogP contribution in [0.5, 0.6) is 11.5 Å². The number of nitrogens with zero attached hydrogens (tertiary/aromatic N) is 3. The monoisotopic (exact) mass is 393 g/mol. The van der Waals surface area contributed by atoms with E-state index in [2.05, 4.69) is 39.8 Å². The van der Waals surface area contributed by atoms with Gasteiger partial charge < -0.3 is 20.5 Å². The Bertz CT molecular complexity index is 954. The number of aromatic nitrogens is 2. The van der Waals surface area contributed by atoms with Crippen molar-refractivity contribution >= 4 is 5.96 Å². The third kappa shape index (κ3) is 5.28. The van der Waals surface area contributed by atoms with Crippen LogP contribution in [0, 0.1) is 0 Å². The molecule has 2 aromatic carbocycles. The van der Waals surface area contributed by atoms with Crippen molar-refractivity contribution < 1.29 is 9.84 Å². The van der Waals surface area contributed by atoms with Gasteiger partial charge in [0.25, 0.3) is 0 Å². The number of hydrogen-bond donors (Lipinski definition) is 3. The van der Waals surface area contributed by atoms with Gasteiger partial charge in [0.1, 0.15) is 0 Å². The van der Waals surface area contributed by atoms with Crippen molar-refractivity contribution in [3.8, 4) is 17.2 Å². The summed E-state index contributed by atoms with van der Waals surface area (Å²) in [6.07, 6.45) is 3.69. The van der Waals surface area contributed by atoms with Gasteiger partial charge in [-0.1, -0.05) is 18.2 Å². The molecule has 3 N–H and O–H groups in total. The fraction of sp³-hybridized carbons (Fsp3) is 0.273. The van der Waals surface area contributed by atoms with E-state index in [0.29, 0.717) is 18.3 Å². The van der Waals surface area contributed by atoms with Crippen LogP contribution in [0.1, 0.15) is 31.0 Å². The van der Waals surface area contributed by atoms with E-state index in [1.807, 2.05) is 42.1 Å².